The molecule has 98 valence electrons. The quantitative estimate of drug-likeness (QED) is 0.757. The molecule has 3 aromatic rings. The molecule has 1 aromatic carbocycles. The highest BCUT2D eigenvalue weighted by molar-refractivity contribution is 7.16. The van der Waals surface area contributed by atoms with E-state index in [1.54, 1.807) is 11.3 Å². The van der Waals surface area contributed by atoms with Crippen molar-refractivity contribution in [2.75, 3.05) is 0 Å². The zero-order chi connectivity index (χ0) is 13.4. The largest absolute Gasteiger partial charge is 0.342 e. The molecule has 0 atom stereocenters. The average Bonchev–Trinajstić information content (AvgIpc) is 2.94. The van der Waals surface area contributed by atoms with Crippen molar-refractivity contribution in [2.45, 2.75) is 13.1 Å². The molecule has 0 radical (unpaired) electrons. The Morgan fingerprint density at radius 2 is 2.00 bits per heavy atom. The van der Waals surface area contributed by atoms with E-state index >= 15 is 0 Å². The molecule has 0 saturated carbocycles. The van der Waals surface area contributed by atoms with Crippen LogP contribution in [-0.2, 0) is 13.1 Å². The number of nitrogens with two attached hydrogens (primary N) is 1. The van der Waals surface area contributed by atoms with Crippen LogP contribution in [0, 0.1) is 0 Å². The third-order valence-electron chi connectivity index (χ3n) is 3.10. The summed E-state index contributed by atoms with van der Waals surface area (Å²) in [4.78, 5) is 1.21. The van der Waals surface area contributed by atoms with Crippen LogP contribution >= 0.6 is 34.5 Å². The Bertz CT molecular complexity index is 730. The Balaban J connectivity index is 2.09. The molecule has 19 heavy (non-hydrogen) atoms. The molecule has 0 spiro atoms. The van der Waals surface area contributed by atoms with Gasteiger partial charge >= 0.3 is 0 Å². The number of hydrogen-bond acceptors (Lipinski definition) is 2. The molecule has 0 unspecified atom stereocenters. The lowest BCUT2D eigenvalue weighted by molar-refractivity contribution is 0.843. The molecule has 2 N–H and O–H groups in total. The summed E-state index contributed by atoms with van der Waals surface area (Å²) in [5.41, 5.74) is 8.04. The number of halogens is 2. The Hall–Kier alpha value is -1.00. The van der Waals surface area contributed by atoms with Crippen molar-refractivity contribution in [1.82, 2.24) is 4.57 Å². The van der Waals surface area contributed by atoms with Crippen LogP contribution in [-0.4, -0.2) is 4.57 Å². The topological polar surface area (TPSA) is 30.9 Å². The number of nitrogens with zero attached hydrogens (tertiary/aromatic N) is 1. The Kier molecular flexibility index (Phi) is 3.54. The van der Waals surface area contributed by atoms with Gasteiger partial charge in [0.2, 0.25) is 0 Å². The standard InChI is InChI=1S/C14H12Cl2N2S/c15-10-1-3-12-9(6-17)7-18(13(12)5-10)8-11-2-4-14(16)19-11/h1-5,7H,6,8,17H2. The van der Waals surface area contributed by atoms with Crippen LogP contribution in [0.2, 0.25) is 9.36 Å². The van der Waals surface area contributed by atoms with Crippen LogP contribution < -0.4 is 5.73 Å². The van der Waals surface area contributed by atoms with Crippen molar-refractivity contribution in [3.05, 3.63) is 56.3 Å². The van der Waals surface area contributed by atoms with Crippen molar-refractivity contribution in [1.29, 1.82) is 0 Å². The van der Waals surface area contributed by atoms with Gasteiger partial charge in [-0.15, -0.1) is 11.3 Å². The van der Waals surface area contributed by atoms with Gasteiger partial charge in [0.1, 0.15) is 0 Å². The van der Waals surface area contributed by atoms with E-state index in [1.807, 2.05) is 30.3 Å². The van der Waals surface area contributed by atoms with Crippen LogP contribution in [0.1, 0.15) is 10.4 Å². The van der Waals surface area contributed by atoms with Crippen LogP contribution in [0.15, 0.2) is 36.5 Å². The normalized spacial score (nSPS) is 11.3. The minimum atomic E-state index is 0.524. The predicted molar refractivity (Wildman–Crippen MR) is 83.3 cm³/mol. The minimum absolute atomic E-state index is 0.524. The first kappa shape index (κ1) is 13.0. The van der Waals surface area contributed by atoms with Crippen LogP contribution in [0.5, 0.6) is 0 Å². The summed E-state index contributed by atoms with van der Waals surface area (Å²) in [5.74, 6) is 0. The number of fused-ring (bicyclic) bond motifs is 1. The molecular weight excluding hydrogens is 299 g/mol. The second-order valence-electron chi connectivity index (χ2n) is 4.35. The summed E-state index contributed by atoms with van der Waals surface area (Å²) in [7, 11) is 0. The van der Waals surface area contributed by atoms with Crippen molar-refractivity contribution < 1.29 is 0 Å². The highest BCUT2D eigenvalue weighted by atomic mass is 35.5. The first-order valence-electron chi connectivity index (χ1n) is 5.89. The number of hydrogen-bond donors (Lipinski definition) is 1. The van der Waals surface area contributed by atoms with Crippen molar-refractivity contribution in [2.24, 2.45) is 5.73 Å². The third kappa shape index (κ3) is 2.51. The van der Waals surface area contributed by atoms with Gasteiger partial charge in [-0.2, -0.15) is 0 Å². The van der Waals surface area contributed by atoms with Crippen LogP contribution in [0.25, 0.3) is 10.9 Å². The smallest absolute Gasteiger partial charge is 0.0931 e. The molecule has 2 heterocycles. The number of aromatic nitrogens is 1. The molecule has 0 aliphatic heterocycles. The van der Waals surface area contributed by atoms with Crippen molar-refractivity contribution in [3.8, 4) is 0 Å². The summed E-state index contributed by atoms with van der Waals surface area (Å²) < 4.78 is 2.98. The monoisotopic (exact) mass is 310 g/mol. The van der Waals surface area contributed by atoms with Gasteiger partial charge in [-0.25, -0.2) is 0 Å². The van der Waals surface area contributed by atoms with E-state index in [4.69, 9.17) is 28.9 Å². The lowest BCUT2D eigenvalue weighted by Gasteiger charge is -2.03. The maximum absolute atomic E-state index is 6.09. The predicted octanol–water partition coefficient (Wildman–Crippen LogP) is 4.52. The molecule has 2 nitrogen and oxygen atoms in total. The summed E-state index contributed by atoms with van der Waals surface area (Å²) in [6.07, 6.45) is 2.09. The summed E-state index contributed by atoms with van der Waals surface area (Å²) in [6, 6.07) is 9.87. The van der Waals surface area contributed by atoms with E-state index in [2.05, 4.69) is 10.8 Å². The lowest BCUT2D eigenvalue weighted by atomic mass is 10.2. The van der Waals surface area contributed by atoms with Gasteiger partial charge in [0.25, 0.3) is 0 Å². The summed E-state index contributed by atoms with van der Waals surface area (Å²) >= 11 is 13.7. The lowest BCUT2D eigenvalue weighted by Crippen LogP contribution is -1.97. The Morgan fingerprint density at radius 3 is 2.68 bits per heavy atom. The maximum atomic E-state index is 6.09. The molecular formula is C14H12Cl2N2S. The zero-order valence-electron chi connectivity index (χ0n) is 10.1. The molecule has 2 aromatic heterocycles. The van der Waals surface area contributed by atoms with Gasteiger partial charge in [-0.05, 0) is 29.8 Å². The van der Waals surface area contributed by atoms with Gasteiger partial charge in [0, 0.05) is 28.0 Å². The summed E-state index contributed by atoms with van der Waals surface area (Å²) in [5, 5.41) is 1.90. The van der Waals surface area contributed by atoms with Crippen molar-refractivity contribution in [3.63, 3.8) is 0 Å². The van der Waals surface area contributed by atoms with E-state index < -0.39 is 0 Å². The fraction of sp³-hybridized carbons (Fsp3) is 0.143. The second-order valence-corrected chi connectivity index (χ2v) is 6.59. The molecule has 3 rings (SSSR count). The number of benzene rings is 1. The molecule has 0 saturated heterocycles. The highest BCUT2D eigenvalue weighted by Gasteiger charge is 2.09. The third-order valence-corrected chi connectivity index (χ3v) is 4.55. The molecule has 0 aliphatic rings. The zero-order valence-corrected chi connectivity index (χ0v) is 12.4. The van der Waals surface area contributed by atoms with E-state index in [0.29, 0.717) is 6.54 Å². The van der Waals surface area contributed by atoms with Gasteiger partial charge in [-0.3, -0.25) is 0 Å². The van der Waals surface area contributed by atoms with Crippen molar-refractivity contribution >= 4 is 45.4 Å². The maximum Gasteiger partial charge on any atom is 0.0931 e. The van der Waals surface area contributed by atoms with Crippen LogP contribution in [0.3, 0.4) is 0 Å². The summed E-state index contributed by atoms with van der Waals surface area (Å²) in [6.45, 7) is 1.31. The van der Waals surface area contributed by atoms with E-state index in [9.17, 15) is 0 Å². The van der Waals surface area contributed by atoms with Crippen LogP contribution in [0.4, 0.5) is 0 Å². The first-order valence-corrected chi connectivity index (χ1v) is 7.46. The fourth-order valence-corrected chi connectivity index (χ4v) is 3.49. The van der Waals surface area contributed by atoms with Gasteiger partial charge in [0.15, 0.2) is 0 Å². The molecule has 5 heteroatoms. The first-order chi connectivity index (χ1) is 9.17. The Morgan fingerprint density at radius 1 is 1.16 bits per heavy atom. The molecule has 0 aliphatic carbocycles. The van der Waals surface area contributed by atoms with E-state index in [1.165, 1.54) is 4.88 Å². The minimum Gasteiger partial charge on any atom is -0.342 e. The van der Waals surface area contributed by atoms with Gasteiger partial charge < -0.3 is 10.3 Å². The number of thiophene rings is 1. The van der Waals surface area contributed by atoms with E-state index in [-0.39, 0.29) is 0 Å². The van der Waals surface area contributed by atoms with Gasteiger partial charge in [0.05, 0.1) is 16.4 Å². The molecule has 0 bridgehead atoms. The van der Waals surface area contributed by atoms with E-state index in [0.717, 1.165) is 32.4 Å². The van der Waals surface area contributed by atoms with Gasteiger partial charge in [-0.1, -0.05) is 29.3 Å². The second kappa shape index (κ2) is 5.17. The SMILES string of the molecule is NCc1cn(Cc2ccc(Cl)s2)c2cc(Cl)ccc12. The molecule has 0 fully saturated rings. The highest BCUT2D eigenvalue weighted by Crippen LogP contribution is 2.28. The molecule has 0 amide bonds. The Labute approximate surface area is 125 Å². The number of rotatable bonds is 3. The fourth-order valence-electron chi connectivity index (χ4n) is 2.24. The average molecular weight is 311 g/mol.